The number of ketones is 1. The molecule has 4 aliphatic carbocycles. The van der Waals surface area contributed by atoms with Crippen LogP contribution < -0.4 is 0 Å². The quantitative estimate of drug-likeness (QED) is 0.723. The first-order valence-corrected chi connectivity index (χ1v) is 9.25. The van der Waals surface area contributed by atoms with Crippen molar-refractivity contribution < 1.29 is 15.0 Å². The van der Waals surface area contributed by atoms with Gasteiger partial charge in [-0.3, -0.25) is 4.79 Å². The molecule has 0 aromatic heterocycles. The second-order valence-corrected chi connectivity index (χ2v) is 9.15. The van der Waals surface area contributed by atoms with Crippen molar-refractivity contribution in [3.63, 3.8) is 0 Å². The lowest BCUT2D eigenvalue weighted by molar-refractivity contribution is -0.160. The molecule has 124 valence electrons. The van der Waals surface area contributed by atoms with Gasteiger partial charge in [0.05, 0.1) is 12.2 Å². The molecule has 4 aliphatic rings. The molecule has 8 atom stereocenters. The number of carbonyl (C=O) groups excluding carboxylic acids is 1. The van der Waals surface area contributed by atoms with Crippen LogP contribution in [0.3, 0.4) is 0 Å². The number of hydrogen-bond acceptors (Lipinski definition) is 3. The maximum Gasteiger partial charge on any atom is 0.139 e. The lowest BCUT2D eigenvalue weighted by Gasteiger charge is -2.60. The Morgan fingerprint density at radius 1 is 1.00 bits per heavy atom. The summed E-state index contributed by atoms with van der Waals surface area (Å²) in [6.07, 6.45) is 6.87. The van der Waals surface area contributed by atoms with E-state index in [1.54, 1.807) is 0 Å². The van der Waals surface area contributed by atoms with Gasteiger partial charge in [-0.2, -0.15) is 0 Å². The first kappa shape index (κ1) is 15.1. The van der Waals surface area contributed by atoms with Gasteiger partial charge in [0.25, 0.3) is 0 Å². The summed E-state index contributed by atoms with van der Waals surface area (Å²) < 4.78 is 0. The van der Waals surface area contributed by atoms with Crippen molar-refractivity contribution in [1.29, 1.82) is 0 Å². The second-order valence-electron chi connectivity index (χ2n) is 9.15. The van der Waals surface area contributed by atoms with Gasteiger partial charge in [0.15, 0.2) is 0 Å². The van der Waals surface area contributed by atoms with Gasteiger partial charge in [0.2, 0.25) is 0 Å². The number of hydrogen-bond donors (Lipinski definition) is 2. The largest absolute Gasteiger partial charge is 0.390 e. The van der Waals surface area contributed by atoms with E-state index in [4.69, 9.17) is 0 Å². The van der Waals surface area contributed by atoms with Gasteiger partial charge >= 0.3 is 0 Å². The summed E-state index contributed by atoms with van der Waals surface area (Å²) in [4.78, 5) is 12.4. The smallest absolute Gasteiger partial charge is 0.139 e. The van der Waals surface area contributed by atoms with E-state index in [-0.39, 0.29) is 10.8 Å². The molecule has 3 heteroatoms. The molecule has 0 heterocycles. The number of carbonyl (C=O) groups is 1. The van der Waals surface area contributed by atoms with Crippen LogP contribution in [0.25, 0.3) is 0 Å². The van der Waals surface area contributed by atoms with E-state index in [9.17, 15) is 15.0 Å². The highest BCUT2D eigenvalue weighted by Crippen LogP contribution is 2.65. The fraction of sp³-hybridized carbons (Fsp3) is 0.947. The standard InChI is InChI=1S/C19H30O3/c1-18-8-7-14-12(13(18)5-6-17(18)22)4-3-11-9-15(20)16(21)10-19(11,14)2/h11-16,20-21H,3-10H2,1-2H3/t11-,12-,13-,14-,15-,16+,18-,19-/m0/s1. The van der Waals surface area contributed by atoms with Crippen molar-refractivity contribution in [3.05, 3.63) is 0 Å². The van der Waals surface area contributed by atoms with E-state index in [0.717, 1.165) is 38.5 Å². The molecule has 0 amide bonds. The third-order valence-corrected chi connectivity index (χ3v) is 8.39. The predicted molar refractivity (Wildman–Crippen MR) is 84.1 cm³/mol. The summed E-state index contributed by atoms with van der Waals surface area (Å²) in [5.41, 5.74) is 0.103. The van der Waals surface area contributed by atoms with Crippen molar-refractivity contribution in [2.24, 2.45) is 34.5 Å². The molecule has 0 aromatic carbocycles. The van der Waals surface area contributed by atoms with Crippen LogP contribution in [0.1, 0.15) is 65.2 Å². The zero-order chi connectivity index (χ0) is 15.7. The highest BCUT2D eigenvalue weighted by Gasteiger charge is 2.60. The van der Waals surface area contributed by atoms with Gasteiger partial charge in [-0.25, -0.2) is 0 Å². The van der Waals surface area contributed by atoms with Crippen LogP contribution >= 0.6 is 0 Å². The van der Waals surface area contributed by atoms with E-state index in [2.05, 4.69) is 13.8 Å². The van der Waals surface area contributed by atoms with Crippen molar-refractivity contribution >= 4 is 5.78 Å². The summed E-state index contributed by atoms with van der Waals surface area (Å²) in [6.45, 7) is 4.58. The van der Waals surface area contributed by atoms with E-state index >= 15 is 0 Å². The van der Waals surface area contributed by atoms with Crippen LogP contribution in [-0.2, 0) is 4.79 Å². The SMILES string of the molecule is C[C@]12C[C@@H](O)[C@@H](O)C[C@@H]1CC[C@@H]1[C@@H]2CC[C@]2(C)C(=O)CC[C@@H]12. The summed E-state index contributed by atoms with van der Waals surface area (Å²) >= 11 is 0. The summed E-state index contributed by atoms with van der Waals surface area (Å²) in [5.74, 6) is 2.92. The second kappa shape index (κ2) is 4.80. The Balaban J connectivity index is 1.65. The van der Waals surface area contributed by atoms with Crippen molar-refractivity contribution in [1.82, 2.24) is 0 Å². The molecule has 0 bridgehead atoms. The Hall–Kier alpha value is -0.410. The molecular weight excluding hydrogens is 276 g/mol. The molecule has 0 saturated heterocycles. The summed E-state index contributed by atoms with van der Waals surface area (Å²) in [6, 6.07) is 0. The third kappa shape index (κ3) is 1.84. The molecule has 0 radical (unpaired) electrons. The van der Waals surface area contributed by atoms with Gasteiger partial charge in [-0.05, 0) is 74.0 Å². The van der Waals surface area contributed by atoms with Crippen LogP contribution in [0.4, 0.5) is 0 Å². The topological polar surface area (TPSA) is 57.5 Å². The zero-order valence-electron chi connectivity index (χ0n) is 13.9. The summed E-state index contributed by atoms with van der Waals surface area (Å²) in [5, 5.41) is 20.3. The first-order valence-electron chi connectivity index (χ1n) is 9.25. The Kier molecular flexibility index (Phi) is 3.30. The Labute approximate surface area is 133 Å². The molecule has 4 fully saturated rings. The average molecular weight is 306 g/mol. The number of Topliss-reactive ketones (excluding diaryl/α,β-unsaturated/α-hetero) is 1. The molecule has 0 unspecified atom stereocenters. The van der Waals surface area contributed by atoms with Gasteiger partial charge in [-0.15, -0.1) is 0 Å². The zero-order valence-corrected chi connectivity index (χ0v) is 13.9. The van der Waals surface area contributed by atoms with Crippen LogP contribution in [-0.4, -0.2) is 28.2 Å². The van der Waals surface area contributed by atoms with E-state index < -0.39 is 12.2 Å². The van der Waals surface area contributed by atoms with Crippen molar-refractivity contribution in [2.75, 3.05) is 0 Å². The Morgan fingerprint density at radius 2 is 1.77 bits per heavy atom. The third-order valence-electron chi connectivity index (χ3n) is 8.39. The lowest BCUT2D eigenvalue weighted by Crippen LogP contribution is -2.56. The fourth-order valence-corrected chi connectivity index (χ4v) is 7.05. The molecule has 0 spiro atoms. The molecule has 0 aromatic rings. The van der Waals surface area contributed by atoms with Gasteiger partial charge in [-0.1, -0.05) is 13.8 Å². The Morgan fingerprint density at radius 3 is 2.55 bits per heavy atom. The molecule has 4 rings (SSSR count). The molecule has 2 N–H and O–H groups in total. The number of rotatable bonds is 0. The molecule has 3 nitrogen and oxygen atoms in total. The average Bonchev–Trinajstić information content (AvgIpc) is 2.77. The van der Waals surface area contributed by atoms with E-state index in [1.165, 1.54) is 12.8 Å². The van der Waals surface area contributed by atoms with Crippen molar-refractivity contribution in [2.45, 2.75) is 77.4 Å². The minimum absolute atomic E-state index is 0.0584. The van der Waals surface area contributed by atoms with Gasteiger partial charge < -0.3 is 10.2 Å². The number of aliphatic hydroxyl groups is 2. The minimum Gasteiger partial charge on any atom is -0.390 e. The van der Waals surface area contributed by atoms with E-state index in [0.29, 0.717) is 29.5 Å². The molecule has 0 aliphatic heterocycles. The van der Waals surface area contributed by atoms with Crippen LogP contribution in [0.15, 0.2) is 0 Å². The first-order chi connectivity index (χ1) is 10.4. The van der Waals surface area contributed by atoms with Crippen LogP contribution in [0, 0.1) is 34.5 Å². The monoisotopic (exact) mass is 306 g/mol. The normalized spacial score (nSPS) is 57.9. The lowest BCUT2D eigenvalue weighted by atomic mass is 9.45. The highest BCUT2D eigenvalue weighted by atomic mass is 16.3. The number of aliphatic hydroxyl groups excluding tert-OH is 2. The molecule has 22 heavy (non-hydrogen) atoms. The predicted octanol–water partition coefficient (Wildman–Crippen LogP) is 2.93. The minimum atomic E-state index is -0.557. The van der Waals surface area contributed by atoms with Crippen LogP contribution in [0.5, 0.6) is 0 Å². The maximum atomic E-state index is 12.4. The summed E-state index contributed by atoms with van der Waals surface area (Å²) in [7, 11) is 0. The number of fused-ring (bicyclic) bond motifs is 5. The molecular formula is C19H30O3. The fourth-order valence-electron chi connectivity index (χ4n) is 7.05. The highest BCUT2D eigenvalue weighted by molar-refractivity contribution is 5.87. The van der Waals surface area contributed by atoms with Crippen molar-refractivity contribution in [3.8, 4) is 0 Å². The Bertz CT molecular complexity index is 489. The maximum absolute atomic E-state index is 12.4. The van der Waals surface area contributed by atoms with Gasteiger partial charge in [0, 0.05) is 11.8 Å². The van der Waals surface area contributed by atoms with Crippen LogP contribution in [0.2, 0.25) is 0 Å². The molecule has 4 saturated carbocycles. The van der Waals surface area contributed by atoms with E-state index in [1.807, 2.05) is 0 Å². The van der Waals surface area contributed by atoms with Gasteiger partial charge in [0.1, 0.15) is 5.78 Å².